The second-order valence-corrected chi connectivity index (χ2v) is 1.35. The van der Waals surface area contributed by atoms with Gasteiger partial charge in [0.1, 0.15) is 0 Å². The smallest absolute Gasteiger partial charge is 0.0587 e. The van der Waals surface area contributed by atoms with Crippen LogP contribution in [0.1, 0.15) is 20.8 Å². The number of likely N-dealkylation sites (N-methyl/N-ethyl adjacent to an activating group) is 1. The first kappa shape index (κ1) is 11.7. The highest BCUT2D eigenvalue weighted by Crippen LogP contribution is 1.61. The second-order valence-electron chi connectivity index (χ2n) is 1.35. The van der Waals surface area contributed by atoms with E-state index in [0.29, 0.717) is 0 Å². The van der Waals surface area contributed by atoms with Crippen molar-refractivity contribution >= 4 is 0 Å². The van der Waals surface area contributed by atoms with Crippen molar-refractivity contribution in [3.63, 3.8) is 0 Å². The molecule has 0 spiro atoms. The Morgan fingerprint density at radius 2 is 1.89 bits per heavy atom. The maximum atomic E-state index is 4.78. The average molecular weight is 133 g/mol. The Labute approximate surface area is 58.6 Å². The van der Waals surface area contributed by atoms with Gasteiger partial charge >= 0.3 is 0 Å². The highest BCUT2D eigenvalue weighted by molar-refractivity contribution is 4.36. The zero-order valence-electron chi connectivity index (χ0n) is 7.03. The topological polar surface area (TPSA) is 21.3 Å². The molecule has 0 unspecified atom stereocenters. The van der Waals surface area contributed by atoms with Crippen LogP contribution in [0.15, 0.2) is 0 Å². The molecule has 0 fully saturated rings. The first-order valence-electron chi connectivity index (χ1n) is 3.61. The third kappa shape index (κ3) is 18.1. The highest BCUT2D eigenvalue weighted by atomic mass is 16.5. The van der Waals surface area contributed by atoms with Gasteiger partial charge in [0.15, 0.2) is 0 Å². The van der Waals surface area contributed by atoms with Gasteiger partial charge in [0.2, 0.25) is 0 Å². The van der Waals surface area contributed by atoms with Crippen molar-refractivity contribution in [2.75, 3.05) is 26.8 Å². The number of methoxy groups -OCH3 is 1. The molecule has 0 aromatic rings. The molecule has 0 aliphatic heterocycles. The van der Waals surface area contributed by atoms with Crippen LogP contribution < -0.4 is 5.32 Å². The van der Waals surface area contributed by atoms with Crippen molar-refractivity contribution < 1.29 is 4.74 Å². The van der Waals surface area contributed by atoms with Gasteiger partial charge in [-0.15, -0.1) is 0 Å². The fourth-order valence-corrected chi connectivity index (χ4v) is 0.351. The van der Waals surface area contributed by atoms with Gasteiger partial charge in [0, 0.05) is 13.7 Å². The third-order valence-corrected chi connectivity index (χ3v) is 0.733. The summed E-state index contributed by atoms with van der Waals surface area (Å²) < 4.78 is 4.78. The van der Waals surface area contributed by atoms with E-state index in [1.165, 1.54) is 0 Å². The molecule has 1 N–H and O–H groups in total. The molecule has 2 heteroatoms. The van der Waals surface area contributed by atoms with Crippen LogP contribution in [-0.4, -0.2) is 26.8 Å². The van der Waals surface area contributed by atoms with Crippen molar-refractivity contribution in [1.29, 1.82) is 0 Å². The second kappa shape index (κ2) is 15.7. The lowest BCUT2D eigenvalue weighted by atomic mass is 10.6. The lowest BCUT2D eigenvalue weighted by molar-refractivity contribution is 0.200. The molecule has 0 radical (unpaired) electrons. The Morgan fingerprint density at radius 1 is 1.33 bits per heavy atom. The van der Waals surface area contributed by atoms with Gasteiger partial charge in [-0.25, -0.2) is 0 Å². The lowest BCUT2D eigenvalue weighted by Gasteiger charge is -1.96. The van der Waals surface area contributed by atoms with Gasteiger partial charge in [0.25, 0.3) is 0 Å². The Morgan fingerprint density at radius 3 is 2.22 bits per heavy atom. The standard InChI is InChI=1S/C5H13NO.C2H6/c1-3-6-4-5-7-2;1-2/h6H,3-5H2,1-2H3;1-2H3. The molecule has 0 amide bonds. The number of rotatable bonds is 4. The van der Waals surface area contributed by atoms with Crippen molar-refractivity contribution in [2.45, 2.75) is 20.8 Å². The van der Waals surface area contributed by atoms with Gasteiger partial charge in [-0.05, 0) is 6.54 Å². The fraction of sp³-hybridized carbons (Fsp3) is 1.00. The molecule has 0 rings (SSSR count). The maximum absolute atomic E-state index is 4.78. The number of nitrogens with one attached hydrogen (secondary N) is 1. The van der Waals surface area contributed by atoms with E-state index in [-0.39, 0.29) is 0 Å². The van der Waals surface area contributed by atoms with E-state index >= 15 is 0 Å². The molecule has 0 aromatic heterocycles. The van der Waals surface area contributed by atoms with Gasteiger partial charge in [-0.1, -0.05) is 20.8 Å². The van der Waals surface area contributed by atoms with Gasteiger partial charge in [-0.2, -0.15) is 0 Å². The SMILES string of the molecule is CC.CCNCCOC. The molecule has 0 aliphatic carbocycles. The van der Waals surface area contributed by atoms with Crippen LogP contribution in [0.3, 0.4) is 0 Å². The summed E-state index contributed by atoms with van der Waals surface area (Å²) in [7, 11) is 1.71. The predicted molar refractivity (Wildman–Crippen MR) is 41.8 cm³/mol. The normalized spacial score (nSPS) is 8.00. The summed E-state index contributed by atoms with van der Waals surface area (Å²) in [5, 5.41) is 3.12. The number of hydrogen-bond acceptors (Lipinski definition) is 2. The van der Waals surface area contributed by atoms with Crippen LogP contribution in [-0.2, 0) is 4.74 Å². The van der Waals surface area contributed by atoms with Crippen LogP contribution in [0.4, 0.5) is 0 Å². The lowest BCUT2D eigenvalue weighted by Crippen LogP contribution is -2.17. The molecule has 58 valence electrons. The van der Waals surface area contributed by atoms with E-state index in [1.807, 2.05) is 13.8 Å². The van der Waals surface area contributed by atoms with Crippen molar-refractivity contribution in [2.24, 2.45) is 0 Å². The van der Waals surface area contributed by atoms with Crippen molar-refractivity contribution in [3.05, 3.63) is 0 Å². The minimum Gasteiger partial charge on any atom is -0.383 e. The molecule has 2 nitrogen and oxygen atoms in total. The summed E-state index contributed by atoms with van der Waals surface area (Å²) in [6, 6.07) is 0. The van der Waals surface area contributed by atoms with Crippen molar-refractivity contribution in [3.8, 4) is 0 Å². The molecular formula is C7H19NO. The van der Waals surface area contributed by atoms with Gasteiger partial charge < -0.3 is 10.1 Å². The fourth-order valence-electron chi connectivity index (χ4n) is 0.351. The van der Waals surface area contributed by atoms with E-state index in [9.17, 15) is 0 Å². The summed E-state index contributed by atoms with van der Waals surface area (Å²) in [6.07, 6.45) is 0. The van der Waals surface area contributed by atoms with Crippen LogP contribution in [0.2, 0.25) is 0 Å². The average Bonchev–Trinajstić information content (AvgIpc) is 1.94. The zero-order chi connectivity index (χ0) is 7.54. The molecule has 0 aliphatic rings. The molecule has 0 saturated carbocycles. The van der Waals surface area contributed by atoms with Gasteiger partial charge in [0.05, 0.1) is 6.61 Å². The quantitative estimate of drug-likeness (QED) is 0.583. The molecule has 0 saturated heterocycles. The first-order chi connectivity index (χ1) is 4.41. The molecule has 0 bridgehead atoms. The van der Waals surface area contributed by atoms with Crippen LogP contribution in [0.5, 0.6) is 0 Å². The molecule has 0 heterocycles. The maximum Gasteiger partial charge on any atom is 0.0587 e. The summed E-state index contributed by atoms with van der Waals surface area (Å²) in [6.45, 7) is 8.89. The number of ether oxygens (including phenoxy) is 1. The Bertz CT molecular complexity index is 28.1. The molecule has 9 heavy (non-hydrogen) atoms. The summed E-state index contributed by atoms with van der Waals surface area (Å²) >= 11 is 0. The van der Waals surface area contributed by atoms with E-state index < -0.39 is 0 Å². The first-order valence-corrected chi connectivity index (χ1v) is 3.61. The summed E-state index contributed by atoms with van der Waals surface area (Å²) in [5.74, 6) is 0. The Balaban J connectivity index is 0. The summed E-state index contributed by atoms with van der Waals surface area (Å²) in [5.41, 5.74) is 0. The van der Waals surface area contributed by atoms with Crippen LogP contribution in [0, 0.1) is 0 Å². The highest BCUT2D eigenvalue weighted by Gasteiger charge is 1.76. The summed E-state index contributed by atoms with van der Waals surface area (Å²) in [4.78, 5) is 0. The van der Waals surface area contributed by atoms with E-state index in [1.54, 1.807) is 7.11 Å². The van der Waals surface area contributed by atoms with Gasteiger partial charge in [-0.3, -0.25) is 0 Å². The largest absolute Gasteiger partial charge is 0.383 e. The van der Waals surface area contributed by atoms with E-state index in [4.69, 9.17) is 4.74 Å². The van der Waals surface area contributed by atoms with Crippen molar-refractivity contribution in [1.82, 2.24) is 5.32 Å². The Hall–Kier alpha value is -0.0800. The van der Waals surface area contributed by atoms with Crippen LogP contribution >= 0.6 is 0 Å². The van der Waals surface area contributed by atoms with E-state index in [2.05, 4.69) is 12.2 Å². The molecule has 0 aromatic carbocycles. The molecular weight excluding hydrogens is 114 g/mol. The monoisotopic (exact) mass is 133 g/mol. The minimum absolute atomic E-state index is 0.813. The van der Waals surface area contributed by atoms with Crippen LogP contribution in [0.25, 0.3) is 0 Å². The predicted octanol–water partition coefficient (Wildman–Crippen LogP) is 1.27. The third-order valence-electron chi connectivity index (χ3n) is 0.733. The minimum atomic E-state index is 0.813. The van der Waals surface area contributed by atoms with E-state index in [0.717, 1.165) is 19.7 Å². The molecule has 0 atom stereocenters. The zero-order valence-corrected chi connectivity index (χ0v) is 7.03. The number of hydrogen-bond donors (Lipinski definition) is 1. The Kier molecular flexibility index (Phi) is 20.3.